The highest BCUT2D eigenvalue weighted by Crippen LogP contribution is 2.38. The number of anilines is 1. The van der Waals surface area contributed by atoms with E-state index in [1.165, 1.54) is 17.0 Å². The molecule has 0 bridgehead atoms. The van der Waals surface area contributed by atoms with Crippen molar-refractivity contribution in [2.45, 2.75) is 50.3 Å². The Morgan fingerprint density at radius 1 is 0.976 bits per heavy atom. The largest absolute Gasteiger partial charge is 0.417 e. The van der Waals surface area contributed by atoms with Gasteiger partial charge in [-0.3, -0.25) is 9.59 Å². The Bertz CT molecular complexity index is 1460. The van der Waals surface area contributed by atoms with Crippen molar-refractivity contribution in [3.63, 3.8) is 0 Å². The lowest BCUT2D eigenvalue weighted by Gasteiger charge is -2.37. The first-order valence-corrected chi connectivity index (χ1v) is 13.5. The average Bonchev–Trinajstić information content (AvgIpc) is 2.96. The number of benzene rings is 3. The number of alkyl halides is 3. The van der Waals surface area contributed by atoms with Gasteiger partial charge in [0.25, 0.3) is 11.8 Å². The van der Waals surface area contributed by atoms with Gasteiger partial charge in [-0.1, -0.05) is 55.7 Å². The van der Waals surface area contributed by atoms with Crippen LogP contribution in [0.2, 0.25) is 0 Å². The quantitative estimate of drug-likeness (QED) is 0.346. The van der Waals surface area contributed by atoms with Crippen molar-refractivity contribution in [2.75, 3.05) is 19.4 Å². The summed E-state index contributed by atoms with van der Waals surface area (Å²) in [6.07, 6.45) is -0.902. The molecule has 2 amide bonds. The summed E-state index contributed by atoms with van der Waals surface area (Å²) < 4.78 is 40.5. The third kappa shape index (κ3) is 6.77. The maximum Gasteiger partial charge on any atom is 0.417 e. The fraction of sp³-hybridized carbons (Fsp3) is 0.344. The van der Waals surface area contributed by atoms with Gasteiger partial charge < -0.3 is 15.3 Å². The maximum atomic E-state index is 13.6. The van der Waals surface area contributed by atoms with E-state index in [0.29, 0.717) is 24.0 Å². The predicted octanol–water partition coefficient (Wildman–Crippen LogP) is 6.44. The van der Waals surface area contributed by atoms with E-state index >= 15 is 0 Å². The first kappa shape index (κ1) is 29.8. The predicted molar refractivity (Wildman–Crippen MR) is 150 cm³/mol. The molecule has 3 aromatic carbocycles. The summed E-state index contributed by atoms with van der Waals surface area (Å²) in [4.78, 5) is 27.4. The fourth-order valence-corrected chi connectivity index (χ4v) is 5.42. The molecule has 4 rings (SSSR count). The first-order valence-electron chi connectivity index (χ1n) is 13.5. The van der Waals surface area contributed by atoms with Crippen molar-refractivity contribution in [3.8, 4) is 17.2 Å². The number of hydrogen-bond donors (Lipinski definition) is 2. The zero-order valence-electron chi connectivity index (χ0n) is 23.0. The van der Waals surface area contributed by atoms with Gasteiger partial charge in [0.05, 0.1) is 17.2 Å². The Labute approximate surface area is 237 Å². The summed E-state index contributed by atoms with van der Waals surface area (Å²) in [5, 5.41) is 23.5. The van der Waals surface area contributed by atoms with Crippen LogP contribution in [0.3, 0.4) is 0 Å². The standard InChI is InChI=1S/C32H32F3N3O3/c1-38(2)29(39)23-13-11-22(12-14-23)24-8-6-7-21(17-24)19-31(41,26-9-4-3-5-10-26)30(40)37-27-16-15-25(20-36)28(18-27)32(33,34)35/h6-8,11-18,26,41H,3-5,9-10,19H2,1-2H3,(H,37,40). The molecule has 1 atom stereocenters. The molecule has 1 aliphatic rings. The Balaban J connectivity index is 1.63. The lowest BCUT2D eigenvalue weighted by atomic mass is 9.73. The summed E-state index contributed by atoms with van der Waals surface area (Å²) in [5.74, 6) is -1.27. The Morgan fingerprint density at radius 2 is 1.66 bits per heavy atom. The molecule has 0 aliphatic heterocycles. The molecule has 2 N–H and O–H groups in total. The van der Waals surface area contributed by atoms with Crippen LogP contribution in [0.25, 0.3) is 11.1 Å². The molecule has 1 unspecified atom stereocenters. The average molecular weight is 564 g/mol. The number of halogens is 3. The molecule has 1 fully saturated rings. The second-order valence-electron chi connectivity index (χ2n) is 10.7. The van der Waals surface area contributed by atoms with E-state index in [2.05, 4.69) is 5.32 Å². The van der Waals surface area contributed by atoms with Gasteiger partial charge >= 0.3 is 6.18 Å². The molecule has 1 aliphatic carbocycles. The van der Waals surface area contributed by atoms with Crippen molar-refractivity contribution in [1.29, 1.82) is 5.26 Å². The number of rotatable bonds is 7. The molecule has 214 valence electrons. The van der Waals surface area contributed by atoms with Crippen LogP contribution in [0.15, 0.2) is 66.7 Å². The Hall–Kier alpha value is -4.16. The Kier molecular flexibility index (Phi) is 8.83. The number of nitrogens with one attached hydrogen (secondary N) is 1. The van der Waals surface area contributed by atoms with Gasteiger partial charge in [-0.05, 0) is 65.8 Å². The number of carbonyl (C=O) groups excluding carboxylic acids is 2. The van der Waals surface area contributed by atoms with Crippen LogP contribution in [-0.2, 0) is 17.4 Å². The van der Waals surface area contributed by atoms with Crippen LogP contribution in [0.4, 0.5) is 18.9 Å². The minimum absolute atomic E-state index is 0.0308. The molecule has 0 saturated heterocycles. The van der Waals surface area contributed by atoms with Gasteiger partial charge in [-0.25, -0.2) is 0 Å². The lowest BCUT2D eigenvalue weighted by molar-refractivity contribution is -0.142. The van der Waals surface area contributed by atoms with Crippen LogP contribution < -0.4 is 5.32 Å². The highest BCUT2D eigenvalue weighted by molar-refractivity contribution is 5.98. The van der Waals surface area contributed by atoms with E-state index in [4.69, 9.17) is 5.26 Å². The minimum Gasteiger partial charge on any atom is -0.379 e. The Morgan fingerprint density at radius 3 is 2.27 bits per heavy atom. The van der Waals surface area contributed by atoms with Crippen molar-refractivity contribution in [1.82, 2.24) is 4.90 Å². The molecule has 41 heavy (non-hydrogen) atoms. The van der Waals surface area contributed by atoms with E-state index in [1.54, 1.807) is 32.3 Å². The number of carbonyl (C=O) groups is 2. The van der Waals surface area contributed by atoms with Crippen LogP contribution in [0, 0.1) is 17.2 Å². The highest BCUT2D eigenvalue weighted by atomic mass is 19.4. The van der Waals surface area contributed by atoms with Gasteiger partial charge in [0, 0.05) is 31.8 Å². The van der Waals surface area contributed by atoms with Crippen molar-refractivity contribution in [3.05, 3.63) is 89.0 Å². The SMILES string of the molecule is CN(C)C(=O)c1ccc(-c2cccc(CC(O)(C(=O)Nc3ccc(C#N)c(C(F)(F)F)c3)C3CCCCC3)c2)cc1. The van der Waals surface area contributed by atoms with Crippen LogP contribution in [0.1, 0.15) is 59.2 Å². The minimum atomic E-state index is -4.77. The molecule has 1 saturated carbocycles. The third-order valence-corrected chi connectivity index (χ3v) is 7.65. The number of nitrogens with zero attached hydrogens (tertiary/aromatic N) is 2. The molecule has 0 radical (unpaired) electrons. The van der Waals surface area contributed by atoms with E-state index in [0.717, 1.165) is 42.5 Å². The monoisotopic (exact) mass is 563 g/mol. The molecule has 0 spiro atoms. The zero-order valence-corrected chi connectivity index (χ0v) is 23.0. The summed E-state index contributed by atoms with van der Waals surface area (Å²) >= 11 is 0. The normalized spacial score (nSPS) is 15.4. The number of aliphatic hydroxyl groups is 1. The van der Waals surface area contributed by atoms with Crippen LogP contribution in [-0.4, -0.2) is 41.5 Å². The number of hydrogen-bond acceptors (Lipinski definition) is 4. The van der Waals surface area contributed by atoms with E-state index < -0.39 is 28.8 Å². The number of amides is 2. The summed E-state index contributed by atoms with van der Waals surface area (Å²) in [5.41, 5.74) is -0.780. The third-order valence-electron chi connectivity index (χ3n) is 7.65. The molecule has 9 heteroatoms. The van der Waals surface area contributed by atoms with E-state index in [-0.39, 0.29) is 23.9 Å². The molecular weight excluding hydrogens is 531 g/mol. The highest BCUT2D eigenvalue weighted by Gasteiger charge is 2.44. The topological polar surface area (TPSA) is 93.4 Å². The van der Waals surface area contributed by atoms with Gasteiger partial charge in [-0.2, -0.15) is 18.4 Å². The van der Waals surface area contributed by atoms with Gasteiger partial charge in [0.1, 0.15) is 5.60 Å². The molecule has 0 heterocycles. The summed E-state index contributed by atoms with van der Waals surface area (Å²) in [6, 6.07) is 19.0. The smallest absolute Gasteiger partial charge is 0.379 e. The molecule has 0 aromatic heterocycles. The molecule has 6 nitrogen and oxygen atoms in total. The van der Waals surface area contributed by atoms with Gasteiger partial charge in [0.2, 0.25) is 0 Å². The van der Waals surface area contributed by atoms with E-state index in [9.17, 15) is 27.9 Å². The van der Waals surface area contributed by atoms with E-state index in [1.807, 2.05) is 30.3 Å². The second-order valence-corrected chi connectivity index (χ2v) is 10.7. The van der Waals surface area contributed by atoms with Crippen molar-refractivity contribution < 1.29 is 27.9 Å². The molecular formula is C32H32F3N3O3. The van der Waals surface area contributed by atoms with Gasteiger partial charge in [0.15, 0.2) is 0 Å². The van der Waals surface area contributed by atoms with Gasteiger partial charge in [-0.15, -0.1) is 0 Å². The first-order chi connectivity index (χ1) is 19.4. The fourth-order valence-electron chi connectivity index (χ4n) is 5.42. The maximum absolute atomic E-state index is 13.6. The van der Waals surface area contributed by atoms with Crippen molar-refractivity contribution in [2.24, 2.45) is 5.92 Å². The molecule has 3 aromatic rings. The summed E-state index contributed by atoms with van der Waals surface area (Å²) in [6.45, 7) is 0. The van der Waals surface area contributed by atoms with Crippen molar-refractivity contribution >= 4 is 17.5 Å². The van der Waals surface area contributed by atoms with Crippen LogP contribution >= 0.6 is 0 Å². The number of nitriles is 1. The van der Waals surface area contributed by atoms with Crippen LogP contribution in [0.5, 0.6) is 0 Å². The lowest BCUT2D eigenvalue weighted by Crippen LogP contribution is -2.51. The summed E-state index contributed by atoms with van der Waals surface area (Å²) in [7, 11) is 3.36. The zero-order chi connectivity index (χ0) is 29.8. The second kappa shape index (κ2) is 12.1.